The van der Waals surface area contributed by atoms with Gasteiger partial charge in [-0.2, -0.15) is 0 Å². The van der Waals surface area contributed by atoms with Gasteiger partial charge in [-0.25, -0.2) is 0 Å². The van der Waals surface area contributed by atoms with Crippen molar-refractivity contribution in [3.63, 3.8) is 0 Å². The molecule has 0 heterocycles. The Labute approximate surface area is 92.1 Å². The minimum absolute atomic E-state index is 0. The molecule has 0 amide bonds. The predicted molar refractivity (Wildman–Crippen MR) is 41.5 cm³/mol. The number of carboxylic acid groups (broad SMARTS) is 2. The fraction of sp³-hybridized carbons (Fsp3) is 0.667. The second-order valence-electron chi connectivity index (χ2n) is 1.61. The van der Waals surface area contributed by atoms with E-state index in [2.05, 4.69) is 9.47 Å². The molecule has 1 N–H and O–H groups in total. The van der Waals surface area contributed by atoms with Crippen LogP contribution in [0.5, 0.6) is 0 Å². The molecule has 0 aliphatic heterocycles. The normalized spacial score (nSPS) is 7.00. The average Bonchev–Trinajstić information content (AvgIpc) is 1.87. The van der Waals surface area contributed by atoms with Gasteiger partial charge in [0.05, 0.1) is 25.2 Å². The van der Waals surface area contributed by atoms with E-state index in [0.29, 0.717) is 0 Å². The molecule has 8 heteroatoms. The number of methoxy groups -OCH3 is 2. The van der Waals surface area contributed by atoms with Gasteiger partial charge in [0.2, 0.25) is 0 Å². The largest absolute Gasteiger partial charge is 3.00 e. The zero-order valence-corrected chi connectivity index (χ0v) is 9.04. The number of aliphatic carboxylic acids is 2. The van der Waals surface area contributed by atoms with Gasteiger partial charge in [-0.05, 0) is 0 Å². The van der Waals surface area contributed by atoms with E-state index in [-0.39, 0.29) is 36.1 Å². The maximum absolute atomic E-state index is 9.36. The van der Waals surface area contributed by atoms with Crippen LogP contribution in [0, 0.1) is 0 Å². The van der Waals surface area contributed by atoms with Gasteiger partial charge in [-0.3, -0.25) is 0 Å². The summed E-state index contributed by atoms with van der Waals surface area (Å²) in [5, 5.41) is 18.7. The molecule has 80 valence electrons. The number of hydrogen-bond donors (Lipinski definition) is 0. The fourth-order valence-electron chi connectivity index (χ4n) is 0.236. The summed E-state index contributed by atoms with van der Waals surface area (Å²) in [4.78, 5) is 18.7. The molecule has 0 aromatic rings. The Morgan fingerprint density at radius 3 is 1.21 bits per heavy atom. The van der Waals surface area contributed by atoms with Crippen LogP contribution in [-0.4, -0.2) is 62.2 Å². The van der Waals surface area contributed by atoms with Crippen LogP contribution in [0.4, 0.5) is 0 Å². The average molecular weight is 222 g/mol. The molecular weight excluding hydrogens is 211 g/mol. The summed E-state index contributed by atoms with van der Waals surface area (Å²) < 4.78 is 8.28. The summed E-state index contributed by atoms with van der Waals surface area (Å²) in [5.74, 6) is -2.37. The van der Waals surface area contributed by atoms with Crippen LogP contribution in [0.2, 0.25) is 0 Å². The zero-order chi connectivity index (χ0) is 9.98. The SMILES string of the molecule is COCC(=O)[O-].COCC(=O)[O-].[Al+3].[OH-]. The molecule has 0 aliphatic rings. The van der Waals surface area contributed by atoms with Crippen LogP contribution in [0.3, 0.4) is 0 Å². The van der Waals surface area contributed by atoms with Crippen molar-refractivity contribution in [3.8, 4) is 0 Å². The van der Waals surface area contributed by atoms with Gasteiger partial charge >= 0.3 is 17.4 Å². The molecule has 0 bridgehead atoms. The van der Waals surface area contributed by atoms with Gasteiger partial charge in [-0.15, -0.1) is 0 Å². The number of carboxylic acids is 2. The molecule has 0 unspecified atom stereocenters. The molecule has 7 nitrogen and oxygen atoms in total. The first-order valence-electron chi connectivity index (χ1n) is 2.92. The van der Waals surface area contributed by atoms with E-state index >= 15 is 0 Å². The Balaban J connectivity index is -0.0000000625. The van der Waals surface area contributed by atoms with Gasteiger partial charge in [0.15, 0.2) is 0 Å². The number of hydrogen-bond acceptors (Lipinski definition) is 7. The summed E-state index contributed by atoms with van der Waals surface area (Å²) in [6.07, 6.45) is 0. The third-order valence-corrected chi connectivity index (χ3v) is 0.524. The minimum Gasteiger partial charge on any atom is -0.870 e. The third kappa shape index (κ3) is 42.5. The van der Waals surface area contributed by atoms with Crippen molar-refractivity contribution in [1.82, 2.24) is 0 Å². The summed E-state index contributed by atoms with van der Waals surface area (Å²) >= 11 is 0. The van der Waals surface area contributed by atoms with Crippen molar-refractivity contribution in [2.24, 2.45) is 0 Å². The summed E-state index contributed by atoms with van der Waals surface area (Å²) in [5.41, 5.74) is 0. The van der Waals surface area contributed by atoms with Crippen molar-refractivity contribution in [3.05, 3.63) is 0 Å². The maximum atomic E-state index is 9.36. The molecular formula is C6H11AlO7. The molecule has 0 aromatic heterocycles. The standard InChI is InChI=1S/2C3H6O3.Al.H2O/c2*1-6-2-3(4)5;;/h2*2H2,1H3,(H,4,5);;1H2/q;;+3;/p-3. The van der Waals surface area contributed by atoms with Crippen molar-refractivity contribution in [2.45, 2.75) is 0 Å². The van der Waals surface area contributed by atoms with E-state index in [4.69, 9.17) is 0 Å². The van der Waals surface area contributed by atoms with Gasteiger partial charge in [0, 0.05) is 14.2 Å². The fourth-order valence-corrected chi connectivity index (χ4v) is 0.236. The molecule has 0 spiro atoms. The third-order valence-electron chi connectivity index (χ3n) is 0.524. The first kappa shape index (κ1) is 23.3. The van der Waals surface area contributed by atoms with Crippen LogP contribution in [0.25, 0.3) is 0 Å². The first-order chi connectivity index (χ1) is 5.54. The van der Waals surface area contributed by atoms with Gasteiger partial charge in [-0.1, -0.05) is 0 Å². The van der Waals surface area contributed by atoms with Crippen molar-refractivity contribution < 1.29 is 34.8 Å². The Kier molecular flexibility index (Phi) is 30.3. The van der Waals surface area contributed by atoms with E-state index < -0.39 is 11.9 Å². The van der Waals surface area contributed by atoms with E-state index in [0.717, 1.165) is 0 Å². The number of carbonyl (C=O) groups is 2. The minimum atomic E-state index is -1.18. The van der Waals surface area contributed by atoms with E-state index in [1.165, 1.54) is 14.2 Å². The van der Waals surface area contributed by atoms with Crippen LogP contribution < -0.4 is 10.2 Å². The van der Waals surface area contributed by atoms with Crippen molar-refractivity contribution >= 4 is 29.3 Å². The molecule has 0 rings (SSSR count). The second kappa shape index (κ2) is 18.2. The van der Waals surface area contributed by atoms with Gasteiger partial charge in [0.25, 0.3) is 0 Å². The monoisotopic (exact) mass is 222 g/mol. The quantitative estimate of drug-likeness (QED) is 0.446. The molecule has 0 aliphatic carbocycles. The van der Waals surface area contributed by atoms with Crippen LogP contribution in [0.1, 0.15) is 0 Å². The summed E-state index contributed by atoms with van der Waals surface area (Å²) in [6, 6.07) is 0. The molecule has 0 radical (unpaired) electrons. The molecule has 0 fully saturated rings. The van der Waals surface area contributed by atoms with Gasteiger partial charge in [0.1, 0.15) is 0 Å². The number of carbonyl (C=O) groups excluding carboxylic acids is 2. The van der Waals surface area contributed by atoms with E-state index in [1.807, 2.05) is 0 Å². The molecule has 0 saturated heterocycles. The van der Waals surface area contributed by atoms with E-state index in [1.54, 1.807) is 0 Å². The smallest absolute Gasteiger partial charge is 0.870 e. The Morgan fingerprint density at radius 2 is 1.21 bits per heavy atom. The van der Waals surface area contributed by atoms with E-state index in [9.17, 15) is 19.8 Å². The van der Waals surface area contributed by atoms with Crippen LogP contribution in [-0.2, 0) is 19.1 Å². The van der Waals surface area contributed by atoms with Crippen molar-refractivity contribution in [1.29, 1.82) is 0 Å². The zero-order valence-electron chi connectivity index (χ0n) is 7.89. The number of ether oxygens (including phenoxy) is 2. The Morgan fingerprint density at radius 1 is 1.00 bits per heavy atom. The first-order valence-corrected chi connectivity index (χ1v) is 2.92. The molecule has 14 heavy (non-hydrogen) atoms. The molecule has 0 atom stereocenters. The Hall–Kier alpha value is -0.648. The topological polar surface area (TPSA) is 129 Å². The second-order valence-corrected chi connectivity index (χ2v) is 1.61. The molecule has 0 aromatic carbocycles. The predicted octanol–water partition coefficient (Wildman–Crippen LogP) is -3.79. The van der Waals surface area contributed by atoms with Crippen LogP contribution in [0.15, 0.2) is 0 Å². The summed E-state index contributed by atoms with van der Waals surface area (Å²) in [7, 11) is 2.60. The number of rotatable bonds is 4. The van der Waals surface area contributed by atoms with Gasteiger partial charge < -0.3 is 34.8 Å². The van der Waals surface area contributed by atoms with Crippen LogP contribution >= 0.6 is 0 Å². The maximum Gasteiger partial charge on any atom is 3.00 e. The molecule has 0 saturated carbocycles. The summed E-state index contributed by atoms with van der Waals surface area (Å²) in [6.45, 7) is -0.639. The Bertz CT molecular complexity index is 122. The van der Waals surface area contributed by atoms with Crippen molar-refractivity contribution in [2.75, 3.05) is 27.4 Å².